The van der Waals surface area contributed by atoms with E-state index in [1.807, 2.05) is 22.4 Å². The molecule has 1 amide bonds. The van der Waals surface area contributed by atoms with Crippen molar-refractivity contribution in [3.05, 3.63) is 56.9 Å². The van der Waals surface area contributed by atoms with Crippen molar-refractivity contribution >= 4 is 23.0 Å². The highest BCUT2D eigenvalue weighted by atomic mass is 32.1. The number of fused-ring (bicyclic) bond motifs is 1. The minimum atomic E-state index is -0.118. The fourth-order valence-electron chi connectivity index (χ4n) is 3.34. The Balaban J connectivity index is 1.65. The van der Waals surface area contributed by atoms with Crippen LogP contribution in [-0.4, -0.2) is 31.7 Å². The van der Waals surface area contributed by atoms with Crippen LogP contribution in [0.25, 0.3) is 5.78 Å². The van der Waals surface area contributed by atoms with E-state index in [9.17, 15) is 9.59 Å². The van der Waals surface area contributed by atoms with Crippen LogP contribution in [0.15, 0.2) is 40.8 Å². The van der Waals surface area contributed by atoms with Gasteiger partial charge in [0.1, 0.15) is 0 Å². The third-order valence-electron chi connectivity index (χ3n) is 4.50. The molecule has 1 N–H and O–H groups in total. The first-order valence-corrected chi connectivity index (χ1v) is 8.98. The van der Waals surface area contributed by atoms with Crippen molar-refractivity contribution < 1.29 is 4.79 Å². The average molecular weight is 342 g/mol. The molecule has 1 unspecified atom stereocenters. The number of amides is 1. The Labute approximate surface area is 142 Å². The summed E-state index contributed by atoms with van der Waals surface area (Å²) in [6, 6.07) is 5.46. The van der Waals surface area contributed by atoms with Gasteiger partial charge < -0.3 is 9.88 Å². The third kappa shape index (κ3) is 2.75. The van der Waals surface area contributed by atoms with Crippen molar-refractivity contribution in [3.63, 3.8) is 0 Å². The van der Waals surface area contributed by atoms with Crippen molar-refractivity contribution in [1.82, 2.24) is 19.3 Å². The number of likely N-dealkylation sites (tertiary alicyclic amines) is 1. The van der Waals surface area contributed by atoms with E-state index in [0.29, 0.717) is 12.2 Å². The molecular weight excluding hydrogens is 324 g/mol. The summed E-state index contributed by atoms with van der Waals surface area (Å²) in [6.45, 7) is 0.733. The highest BCUT2D eigenvalue weighted by molar-refractivity contribution is 7.10. The van der Waals surface area contributed by atoms with Crippen LogP contribution in [0.1, 0.15) is 35.9 Å². The van der Waals surface area contributed by atoms with Crippen LogP contribution in [-0.2, 0) is 11.2 Å². The minimum absolute atomic E-state index is 0.0828. The molecular formula is C17H18N4O2S. The van der Waals surface area contributed by atoms with Crippen molar-refractivity contribution in [1.29, 1.82) is 0 Å². The molecule has 1 atom stereocenters. The van der Waals surface area contributed by atoms with Crippen LogP contribution in [0.2, 0.25) is 0 Å². The summed E-state index contributed by atoms with van der Waals surface area (Å²) in [5.41, 5.74) is 0.658. The molecule has 0 bridgehead atoms. The fraction of sp³-hybridized carbons (Fsp3) is 0.353. The van der Waals surface area contributed by atoms with Gasteiger partial charge in [-0.3, -0.25) is 14.0 Å². The highest BCUT2D eigenvalue weighted by Gasteiger charge is 2.29. The summed E-state index contributed by atoms with van der Waals surface area (Å²) in [5, 5.41) is 1.99. The lowest BCUT2D eigenvalue weighted by Gasteiger charge is -2.35. The maximum atomic E-state index is 12.8. The van der Waals surface area contributed by atoms with Gasteiger partial charge in [0.15, 0.2) is 0 Å². The first-order valence-electron chi connectivity index (χ1n) is 8.10. The number of carbonyl (C=O) groups is 1. The molecule has 0 spiro atoms. The Morgan fingerprint density at radius 2 is 2.33 bits per heavy atom. The van der Waals surface area contributed by atoms with E-state index in [2.05, 4.69) is 9.97 Å². The number of imidazole rings is 1. The van der Waals surface area contributed by atoms with Gasteiger partial charge in [-0.15, -0.1) is 11.3 Å². The molecule has 1 aliphatic rings. The molecule has 3 aromatic heterocycles. The maximum absolute atomic E-state index is 12.8. The van der Waals surface area contributed by atoms with E-state index < -0.39 is 0 Å². The van der Waals surface area contributed by atoms with Crippen molar-refractivity contribution in [2.24, 2.45) is 0 Å². The Hall–Kier alpha value is -2.41. The largest absolute Gasteiger partial charge is 0.334 e. The van der Waals surface area contributed by atoms with Gasteiger partial charge in [0, 0.05) is 35.6 Å². The zero-order valence-corrected chi connectivity index (χ0v) is 14.0. The zero-order chi connectivity index (χ0) is 16.5. The number of thiophene rings is 1. The molecule has 3 aromatic rings. The van der Waals surface area contributed by atoms with Crippen LogP contribution in [0.5, 0.6) is 0 Å². The number of hydrogen-bond donors (Lipinski definition) is 1. The molecule has 7 heteroatoms. The Kier molecular flexibility index (Phi) is 3.93. The second kappa shape index (κ2) is 6.24. The van der Waals surface area contributed by atoms with Crippen LogP contribution in [0.4, 0.5) is 0 Å². The first kappa shape index (κ1) is 15.1. The first-order chi connectivity index (χ1) is 11.7. The van der Waals surface area contributed by atoms with E-state index in [4.69, 9.17) is 0 Å². The summed E-state index contributed by atoms with van der Waals surface area (Å²) >= 11 is 1.60. The predicted octanol–water partition coefficient (Wildman–Crippen LogP) is 2.38. The summed E-state index contributed by atoms with van der Waals surface area (Å²) in [7, 11) is 0. The molecule has 4 heterocycles. The fourth-order valence-corrected chi connectivity index (χ4v) is 4.03. The second-order valence-electron chi connectivity index (χ2n) is 6.04. The lowest BCUT2D eigenvalue weighted by Crippen LogP contribution is -2.40. The van der Waals surface area contributed by atoms with Crippen LogP contribution >= 0.6 is 11.3 Å². The number of piperidine rings is 1. The minimum Gasteiger partial charge on any atom is -0.334 e. The Morgan fingerprint density at radius 3 is 3.17 bits per heavy atom. The number of H-pyrrole nitrogens is 1. The average Bonchev–Trinajstić information content (AvgIpc) is 3.26. The number of nitrogens with zero attached hydrogens (tertiary/aromatic N) is 3. The van der Waals surface area contributed by atoms with Gasteiger partial charge in [0.05, 0.1) is 12.5 Å². The van der Waals surface area contributed by atoms with E-state index >= 15 is 0 Å². The van der Waals surface area contributed by atoms with E-state index in [-0.39, 0.29) is 17.5 Å². The summed E-state index contributed by atoms with van der Waals surface area (Å²) in [5.74, 6) is 0.639. The maximum Gasteiger partial charge on any atom is 0.259 e. The van der Waals surface area contributed by atoms with Crippen LogP contribution in [0, 0.1) is 0 Å². The Morgan fingerprint density at radius 1 is 1.42 bits per heavy atom. The molecule has 1 saturated heterocycles. The molecule has 24 heavy (non-hydrogen) atoms. The van der Waals surface area contributed by atoms with Crippen molar-refractivity contribution in [3.8, 4) is 0 Å². The van der Waals surface area contributed by atoms with Crippen molar-refractivity contribution in [2.75, 3.05) is 6.54 Å². The summed E-state index contributed by atoms with van der Waals surface area (Å²) in [6.07, 6.45) is 6.57. The number of hydrogen-bond acceptors (Lipinski definition) is 4. The number of aromatic nitrogens is 3. The predicted molar refractivity (Wildman–Crippen MR) is 92.1 cm³/mol. The summed E-state index contributed by atoms with van der Waals surface area (Å²) < 4.78 is 1.48. The Bertz CT molecular complexity index is 912. The van der Waals surface area contributed by atoms with Gasteiger partial charge in [-0.05, 0) is 30.7 Å². The van der Waals surface area contributed by atoms with E-state index in [1.54, 1.807) is 29.8 Å². The van der Waals surface area contributed by atoms with Crippen LogP contribution in [0.3, 0.4) is 0 Å². The molecule has 0 aliphatic carbocycles. The standard InChI is InChI=1S/C17H18N4O2S/c22-15(10-12-4-3-9-24-12)20-7-2-1-5-14(20)13-11-16(23)21-8-6-18-17(21)19-13/h3-4,6,8-9,11,14H,1-2,5,7,10H2,(H,18,19). The molecule has 1 fully saturated rings. The van der Waals surface area contributed by atoms with Gasteiger partial charge in [0.2, 0.25) is 11.7 Å². The van der Waals surface area contributed by atoms with Gasteiger partial charge in [-0.1, -0.05) is 6.07 Å². The molecule has 124 valence electrons. The topological polar surface area (TPSA) is 70.5 Å². The lowest BCUT2D eigenvalue weighted by atomic mass is 9.98. The molecule has 1 aliphatic heterocycles. The normalized spacial score (nSPS) is 18.2. The number of carbonyl (C=O) groups excluding carboxylic acids is 1. The van der Waals surface area contributed by atoms with Gasteiger partial charge in [0.25, 0.3) is 5.56 Å². The quantitative estimate of drug-likeness (QED) is 0.794. The molecule has 6 nitrogen and oxygen atoms in total. The third-order valence-corrected chi connectivity index (χ3v) is 5.38. The zero-order valence-electron chi connectivity index (χ0n) is 13.1. The van der Waals surface area contributed by atoms with E-state index in [0.717, 1.165) is 36.4 Å². The van der Waals surface area contributed by atoms with Gasteiger partial charge in [-0.25, -0.2) is 4.98 Å². The summed E-state index contributed by atoms with van der Waals surface area (Å²) in [4.78, 5) is 35.4. The van der Waals surface area contributed by atoms with E-state index in [1.165, 1.54) is 4.40 Å². The monoisotopic (exact) mass is 342 g/mol. The van der Waals surface area contributed by atoms with Gasteiger partial charge in [-0.2, -0.15) is 0 Å². The van der Waals surface area contributed by atoms with Crippen LogP contribution < -0.4 is 5.56 Å². The SMILES string of the molecule is O=C(Cc1cccs1)N1CCCCC1c1cc(=O)n2ccnc2[nH]1. The molecule has 0 saturated carbocycles. The lowest BCUT2D eigenvalue weighted by molar-refractivity contribution is -0.134. The number of nitrogens with one attached hydrogen (secondary N) is 1. The molecule has 4 rings (SSSR count). The van der Waals surface area contributed by atoms with Gasteiger partial charge >= 0.3 is 0 Å². The van der Waals surface area contributed by atoms with Crippen molar-refractivity contribution in [2.45, 2.75) is 31.7 Å². The smallest absolute Gasteiger partial charge is 0.259 e. The highest BCUT2D eigenvalue weighted by Crippen LogP contribution is 2.30. The molecule has 0 radical (unpaired) electrons. The number of rotatable bonds is 3. The second-order valence-corrected chi connectivity index (χ2v) is 7.07. The molecule has 0 aromatic carbocycles. The number of aromatic amines is 1.